The van der Waals surface area contributed by atoms with E-state index in [9.17, 15) is 8.42 Å². The van der Waals surface area contributed by atoms with Crippen molar-refractivity contribution in [1.82, 2.24) is 0 Å². The van der Waals surface area contributed by atoms with E-state index in [2.05, 4.69) is 20.7 Å². The van der Waals surface area contributed by atoms with Crippen LogP contribution in [0, 0.1) is 13.8 Å². The molecule has 0 aliphatic carbocycles. The van der Waals surface area contributed by atoms with E-state index in [1.807, 2.05) is 19.1 Å². The molecule has 0 saturated heterocycles. The Morgan fingerprint density at radius 3 is 2.57 bits per heavy atom. The number of rotatable bonds is 4. The standard InChI is InChI=1S/C15H17BrN2O2S/c1-10-6-7-12(9-17)8-15(10)21(19,20)18-14-5-3-4-13(16)11(14)2/h3-8,18H,9,17H2,1-2H3. The van der Waals surface area contributed by atoms with Crippen molar-refractivity contribution in [2.24, 2.45) is 5.73 Å². The number of anilines is 1. The third-order valence-corrected chi connectivity index (χ3v) is 5.66. The molecule has 0 fully saturated rings. The van der Waals surface area contributed by atoms with Crippen molar-refractivity contribution < 1.29 is 8.42 Å². The molecule has 0 saturated carbocycles. The first-order valence-corrected chi connectivity index (χ1v) is 8.70. The van der Waals surface area contributed by atoms with Crippen LogP contribution in [0.25, 0.3) is 0 Å². The van der Waals surface area contributed by atoms with Gasteiger partial charge in [0, 0.05) is 11.0 Å². The van der Waals surface area contributed by atoms with Crippen LogP contribution in [0.4, 0.5) is 5.69 Å². The van der Waals surface area contributed by atoms with Gasteiger partial charge in [-0.2, -0.15) is 0 Å². The van der Waals surface area contributed by atoms with E-state index in [4.69, 9.17) is 5.73 Å². The Hall–Kier alpha value is -1.37. The molecule has 0 bridgehead atoms. The molecule has 3 N–H and O–H groups in total. The van der Waals surface area contributed by atoms with Gasteiger partial charge in [-0.05, 0) is 48.7 Å². The van der Waals surface area contributed by atoms with Gasteiger partial charge >= 0.3 is 0 Å². The van der Waals surface area contributed by atoms with Gasteiger partial charge in [-0.3, -0.25) is 4.72 Å². The average Bonchev–Trinajstić information content (AvgIpc) is 2.44. The van der Waals surface area contributed by atoms with Gasteiger partial charge in [0.05, 0.1) is 10.6 Å². The van der Waals surface area contributed by atoms with Crippen molar-refractivity contribution in [3.8, 4) is 0 Å². The van der Waals surface area contributed by atoms with Gasteiger partial charge in [0.2, 0.25) is 0 Å². The molecule has 0 atom stereocenters. The van der Waals surface area contributed by atoms with Gasteiger partial charge in [0.25, 0.3) is 10.0 Å². The molecule has 0 spiro atoms. The summed E-state index contributed by atoms with van der Waals surface area (Å²) in [5, 5.41) is 0. The molecule has 0 radical (unpaired) electrons. The highest BCUT2D eigenvalue weighted by Crippen LogP contribution is 2.27. The van der Waals surface area contributed by atoms with Gasteiger partial charge in [-0.25, -0.2) is 8.42 Å². The second-order valence-electron chi connectivity index (χ2n) is 4.82. The number of nitrogens with one attached hydrogen (secondary N) is 1. The molecule has 0 amide bonds. The Balaban J connectivity index is 2.46. The van der Waals surface area contributed by atoms with E-state index in [0.29, 0.717) is 17.8 Å². The van der Waals surface area contributed by atoms with E-state index in [-0.39, 0.29) is 4.90 Å². The summed E-state index contributed by atoms with van der Waals surface area (Å²) < 4.78 is 28.7. The minimum Gasteiger partial charge on any atom is -0.326 e. The first kappa shape index (κ1) is 16.0. The largest absolute Gasteiger partial charge is 0.326 e. The van der Waals surface area contributed by atoms with Gasteiger partial charge in [-0.1, -0.05) is 34.1 Å². The van der Waals surface area contributed by atoms with Crippen molar-refractivity contribution in [3.05, 3.63) is 57.6 Å². The number of aryl methyl sites for hydroxylation is 1. The molecule has 0 unspecified atom stereocenters. The Bertz CT molecular complexity index is 773. The van der Waals surface area contributed by atoms with Crippen LogP contribution in [-0.2, 0) is 16.6 Å². The lowest BCUT2D eigenvalue weighted by atomic mass is 10.1. The molecule has 0 aromatic heterocycles. The number of benzene rings is 2. The normalized spacial score (nSPS) is 11.4. The molecule has 2 rings (SSSR count). The third kappa shape index (κ3) is 3.45. The summed E-state index contributed by atoms with van der Waals surface area (Å²) in [6, 6.07) is 10.6. The molecule has 0 aliphatic heterocycles. The Morgan fingerprint density at radius 1 is 1.19 bits per heavy atom. The second kappa shape index (κ2) is 6.17. The maximum absolute atomic E-state index is 12.6. The summed E-state index contributed by atoms with van der Waals surface area (Å²) in [4.78, 5) is 0.254. The number of halogens is 1. The lowest BCUT2D eigenvalue weighted by molar-refractivity contribution is 0.600. The fraction of sp³-hybridized carbons (Fsp3) is 0.200. The summed E-state index contributed by atoms with van der Waals surface area (Å²) in [5.74, 6) is 0. The minimum absolute atomic E-state index is 0.254. The predicted molar refractivity (Wildman–Crippen MR) is 88.8 cm³/mol. The molecule has 4 nitrogen and oxygen atoms in total. The van der Waals surface area contributed by atoms with E-state index < -0.39 is 10.0 Å². The van der Waals surface area contributed by atoms with Crippen LogP contribution in [0.15, 0.2) is 45.8 Å². The summed E-state index contributed by atoms with van der Waals surface area (Å²) in [5.41, 5.74) is 8.46. The van der Waals surface area contributed by atoms with Crippen molar-refractivity contribution in [3.63, 3.8) is 0 Å². The van der Waals surface area contributed by atoms with Crippen LogP contribution in [0.5, 0.6) is 0 Å². The molecule has 6 heteroatoms. The van der Waals surface area contributed by atoms with Crippen LogP contribution in [0.3, 0.4) is 0 Å². The minimum atomic E-state index is -3.64. The molecule has 21 heavy (non-hydrogen) atoms. The Labute approximate surface area is 133 Å². The second-order valence-corrected chi connectivity index (χ2v) is 7.33. The van der Waals surface area contributed by atoms with Crippen LogP contribution in [0.2, 0.25) is 0 Å². The van der Waals surface area contributed by atoms with Gasteiger partial charge in [-0.15, -0.1) is 0 Å². The third-order valence-electron chi connectivity index (χ3n) is 3.29. The van der Waals surface area contributed by atoms with Gasteiger partial charge in [0.15, 0.2) is 0 Å². The van der Waals surface area contributed by atoms with Crippen molar-refractivity contribution in [2.75, 3.05) is 4.72 Å². The summed E-state index contributed by atoms with van der Waals surface area (Å²) >= 11 is 3.40. The molecular weight excluding hydrogens is 352 g/mol. The molecule has 112 valence electrons. The topological polar surface area (TPSA) is 72.2 Å². The Kier molecular flexibility index (Phi) is 4.70. The van der Waals surface area contributed by atoms with Crippen molar-refractivity contribution in [1.29, 1.82) is 0 Å². The maximum atomic E-state index is 12.6. The zero-order chi connectivity index (χ0) is 15.6. The summed E-state index contributed by atoms with van der Waals surface area (Å²) in [7, 11) is -3.64. The van der Waals surface area contributed by atoms with Crippen molar-refractivity contribution in [2.45, 2.75) is 25.3 Å². The average molecular weight is 369 g/mol. The fourth-order valence-electron chi connectivity index (χ4n) is 1.98. The smallest absolute Gasteiger partial charge is 0.262 e. The molecule has 2 aromatic rings. The maximum Gasteiger partial charge on any atom is 0.262 e. The Morgan fingerprint density at radius 2 is 1.90 bits per heavy atom. The summed E-state index contributed by atoms with van der Waals surface area (Å²) in [6.07, 6.45) is 0. The van der Waals surface area contributed by atoms with Crippen LogP contribution < -0.4 is 10.5 Å². The molecular formula is C15H17BrN2O2S. The molecule has 0 aliphatic rings. The lowest BCUT2D eigenvalue weighted by Crippen LogP contribution is -2.15. The zero-order valence-corrected chi connectivity index (χ0v) is 14.3. The highest BCUT2D eigenvalue weighted by Gasteiger charge is 2.18. The number of sulfonamides is 1. The van der Waals surface area contributed by atoms with Crippen LogP contribution in [-0.4, -0.2) is 8.42 Å². The molecule has 2 aromatic carbocycles. The predicted octanol–water partition coefficient (Wildman–Crippen LogP) is 3.33. The van der Waals surface area contributed by atoms with E-state index >= 15 is 0 Å². The monoisotopic (exact) mass is 368 g/mol. The van der Waals surface area contributed by atoms with Crippen LogP contribution in [0.1, 0.15) is 16.7 Å². The number of nitrogens with two attached hydrogens (primary N) is 1. The highest BCUT2D eigenvalue weighted by molar-refractivity contribution is 9.10. The first-order valence-electron chi connectivity index (χ1n) is 6.42. The van der Waals surface area contributed by atoms with Crippen LogP contribution >= 0.6 is 15.9 Å². The number of hydrogen-bond donors (Lipinski definition) is 2. The molecule has 0 heterocycles. The van der Waals surface area contributed by atoms with E-state index in [1.165, 1.54) is 0 Å². The quantitative estimate of drug-likeness (QED) is 0.869. The van der Waals surface area contributed by atoms with E-state index in [0.717, 1.165) is 15.6 Å². The van der Waals surface area contributed by atoms with E-state index in [1.54, 1.807) is 31.2 Å². The zero-order valence-electron chi connectivity index (χ0n) is 11.9. The van der Waals surface area contributed by atoms with Gasteiger partial charge in [0.1, 0.15) is 0 Å². The summed E-state index contributed by atoms with van der Waals surface area (Å²) in [6.45, 7) is 3.92. The first-order chi connectivity index (χ1) is 9.85. The highest BCUT2D eigenvalue weighted by atomic mass is 79.9. The van der Waals surface area contributed by atoms with Gasteiger partial charge < -0.3 is 5.73 Å². The SMILES string of the molecule is Cc1ccc(CN)cc1S(=O)(=O)Nc1cccc(Br)c1C. The van der Waals surface area contributed by atoms with Crippen molar-refractivity contribution >= 4 is 31.6 Å². The lowest BCUT2D eigenvalue weighted by Gasteiger charge is -2.14. The fourth-order valence-corrected chi connectivity index (χ4v) is 3.76. The number of hydrogen-bond acceptors (Lipinski definition) is 3.